The van der Waals surface area contributed by atoms with Gasteiger partial charge in [-0.15, -0.1) is 0 Å². The van der Waals surface area contributed by atoms with E-state index in [2.05, 4.69) is 5.32 Å². The quantitative estimate of drug-likeness (QED) is 0.282. The van der Waals surface area contributed by atoms with Gasteiger partial charge in [0, 0.05) is 24.7 Å². The summed E-state index contributed by atoms with van der Waals surface area (Å²) in [6.07, 6.45) is 4.96. The predicted octanol–water partition coefficient (Wildman–Crippen LogP) is 3.24. The molecule has 1 fully saturated rings. The molecule has 218 valence electrons. The number of nitro benzene ring substituents is 1. The first-order chi connectivity index (χ1) is 19.0. The summed E-state index contributed by atoms with van der Waals surface area (Å²) in [6, 6.07) is 9.64. The summed E-state index contributed by atoms with van der Waals surface area (Å²) in [5.74, 6) is -0.302. The van der Waals surface area contributed by atoms with Gasteiger partial charge < -0.3 is 19.7 Å². The number of amides is 2. The molecule has 0 heterocycles. The van der Waals surface area contributed by atoms with Crippen molar-refractivity contribution in [1.29, 1.82) is 0 Å². The molecule has 13 heteroatoms. The molecular formula is C27H36N4O8S. The summed E-state index contributed by atoms with van der Waals surface area (Å²) >= 11 is 0. The van der Waals surface area contributed by atoms with Crippen molar-refractivity contribution in [2.45, 2.75) is 57.7 Å². The lowest BCUT2D eigenvalue weighted by Crippen LogP contribution is -2.53. The van der Waals surface area contributed by atoms with Gasteiger partial charge >= 0.3 is 0 Å². The van der Waals surface area contributed by atoms with Crippen molar-refractivity contribution >= 4 is 33.2 Å². The highest BCUT2D eigenvalue weighted by Crippen LogP contribution is 2.34. The fraction of sp³-hybridized carbons (Fsp3) is 0.481. The second kappa shape index (κ2) is 13.5. The van der Waals surface area contributed by atoms with Gasteiger partial charge in [-0.25, -0.2) is 8.42 Å². The molecule has 1 N–H and O–H groups in total. The number of nitro groups is 1. The summed E-state index contributed by atoms with van der Waals surface area (Å²) < 4.78 is 37.1. The van der Waals surface area contributed by atoms with Gasteiger partial charge in [0.05, 0.1) is 25.4 Å². The van der Waals surface area contributed by atoms with Crippen LogP contribution < -0.4 is 19.1 Å². The van der Waals surface area contributed by atoms with E-state index in [1.54, 1.807) is 31.2 Å². The van der Waals surface area contributed by atoms with E-state index < -0.39 is 33.4 Å². The molecule has 2 aromatic rings. The number of ether oxygens (including phenoxy) is 2. The van der Waals surface area contributed by atoms with E-state index in [0.29, 0.717) is 17.7 Å². The van der Waals surface area contributed by atoms with Gasteiger partial charge in [-0.3, -0.25) is 24.0 Å². The van der Waals surface area contributed by atoms with Crippen LogP contribution in [0.4, 0.5) is 11.4 Å². The summed E-state index contributed by atoms with van der Waals surface area (Å²) in [7, 11) is -1.28. The Hall–Kier alpha value is -3.87. The molecule has 40 heavy (non-hydrogen) atoms. The van der Waals surface area contributed by atoms with Crippen LogP contribution in [0.1, 0.15) is 44.6 Å². The SMILES string of the molecule is CC[C@@H](C(=O)NC1CCCC1)N(Cc1ccc(OC)cc1)C(=O)CN(c1cc([N+](=O)[O-])ccc1OC)S(C)(=O)=O. The Morgan fingerprint density at radius 1 is 1.10 bits per heavy atom. The number of sulfonamides is 1. The average Bonchev–Trinajstić information content (AvgIpc) is 3.43. The number of carbonyl (C=O) groups is 2. The Balaban J connectivity index is 2.00. The molecule has 0 unspecified atom stereocenters. The number of benzene rings is 2. The zero-order valence-electron chi connectivity index (χ0n) is 23.2. The standard InChI is InChI=1S/C27H36N4O8S/c1-5-23(27(33)28-20-8-6-7-9-20)29(17-19-10-13-22(38-2)14-11-19)26(32)18-30(40(4,36)37)24-16-21(31(34)35)12-15-25(24)39-3/h10-16,20,23H,5-9,17-18H2,1-4H3,(H,28,33)/t23-/m0/s1. The maximum atomic E-state index is 13.9. The van der Waals surface area contributed by atoms with Crippen LogP contribution in [0.25, 0.3) is 0 Å². The van der Waals surface area contributed by atoms with Crippen molar-refractivity contribution in [3.05, 3.63) is 58.1 Å². The molecule has 0 bridgehead atoms. The molecule has 2 amide bonds. The normalized spacial score (nSPS) is 14.3. The minimum atomic E-state index is -4.11. The molecule has 0 aromatic heterocycles. The second-order valence-electron chi connectivity index (χ2n) is 9.67. The van der Waals surface area contributed by atoms with Crippen LogP contribution in [0.15, 0.2) is 42.5 Å². The third kappa shape index (κ3) is 7.62. The van der Waals surface area contributed by atoms with Crippen molar-refractivity contribution in [1.82, 2.24) is 10.2 Å². The Bertz CT molecular complexity index is 1310. The van der Waals surface area contributed by atoms with Crippen molar-refractivity contribution in [3.63, 3.8) is 0 Å². The van der Waals surface area contributed by atoms with Crippen LogP contribution in [0, 0.1) is 10.1 Å². The van der Waals surface area contributed by atoms with Crippen LogP contribution in [0.5, 0.6) is 11.5 Å². The largest absolute Gasteiger partial charge is 0.497 e. The third-order valence-corrected chi connectivity index (χ3v) is 8.05. The molecule has 1 aliphatic carbocycles. The van der Waals surface area contributed by atoms with E-state index in [4.69, 9.17) is 9.47 Å². The molecular weight excluding hydrogens is 540 g/mol. The van der Waals surface area contributed by atoms with E-state index in [1.807, 2.05) is 0 Å². The predicted molar refractivity (Wildman–Crippen MR) is 150 cm³/mol. The van der Waals surface area contributed by atoms with Gasteiger partial charge in [0.2, 0.25) is 21.8 Å². The van der Waals surface area contributed by atoms with Gasteiger partial charge in [-0.1, -0.05) is 31.9 Å². The zero-order valence-corrected chi connectivity index (χ0v) is 24.0. The van der Waals surface area contributed by atoms with Crippen molar-refractivity contribution in [2.24, 2.45) is 0 Å². The highest BCUT2D eigenvalue weighted by Gasteiger charge is 2.34. The Kier molecular flexibility index (Phi) is 10.3. The zero-order chi connectivity index (χ0) is 29.4. The van der Waals surface area contributed by atoms with E-state index in [9.17, 15) is 28.1 Å². The molecule has 1 atom stereocenters. The topological polar surface area (TPSA) is 148 Å². The molecule has 1 aliphatic rings. The van der Waals surface area contributed by atoms with E-state index in [1.165, 1.54) is 31.3 Å². The number of rotatable bonds is 13. The molecule has 2 aromatic carbocycles. The molecule has 0 aliphatic heterocycles. The minimum Gasteiger partial charge on any atom is -0.497 e. The summed E-state index contributed by atoms with van der Waals surface area (Å²) in [5, 5.41) is 14.5. The number of methoxy groups -OCH3 is 2. The number of nitrogens with one attached hydrogen (secondary N) is 1. The van der Waals surface area contributed by atoms with Crippen molar-refractivity contribution < 1.29 is 32.4 Å². The molecule has 0 spiro atoms. The Labute approximate surface area is 234 Å². The van der Waals surface area contributed by atoms with Gasteiger partial charge in [0.15, 0.2) is 0 Å². The minimum absolute atomic E-state index is 0.0288. The highest BCUT2D eigenvalue weighted by atomic mass is 32.2. The lowest BCUT2D eigenvalue weighted by Gasteiger charge is -2.33. The molecule has 0 radical (unpaired) electrons. The van der Waals surface area contributed by atoms with Crippen molar-refractivity contribution in [2.75, 3.05) is 31.3 Å². The average molecular weight is 577 g/mol. The Morgan fingerprint density at radius 2 is 1.75 bits per heavy atom. The Morgan fingerprint density at radius 3 is 2.27 bits per heavy atom. The lowest BCUT2D eigenvalue weighted by molar-refractivity contribution is -0.384. The highest BCUT2D eigenvalue weighted by molar-refractivity contribution is 7.92. The van der Waals surface area contributed by atoms with Gasteiger partial charge in [0.1, 0.15) is 29.8 Å². The molecule has 12 nitrogen and oxygen atoms in total. The lowest BCUT2D eigenvalue weighted by atomic mass is 10.1. The third-order valence-electron chi connectivity index (χ3n) is 6.92. The first-order valence-electron chi connectivity index (χ1n) is 13.0. The first kappa shape index (κ1) is 30.7. The molecule has 0 saturated heterocycles. The maximum Gasteiger partial charge on any atom is 0.271 e. The number of hydrogen-bond donors (Lipinski definition) is 1. The smallest absolute Gasteiger partial charge is 0.271 e. The number of carbonyl (C=O) groups excluding carboxylic acids is 2. The first-order valence-corrected chi connectivity index (χ1v) is 14.9. The summed E-state index contributed by atoms with van der Waals surface area (Å²) in [5.41, 5.74) is 0.190. The summed E-state index contributed by atoms with van der Waals surface area (Å²) in [4.78, 5) is 39.4. The molecule has 1 saturated carbocycles. The van der Waals surface area contributed by atoms with Crippen LogP contribution in [-0.2, 0) is 26.2 Å². The van der Waals surface area contributed by atoms with Crippen LogP contribution >= 0.6 is 0 Å². The molecule has 3 rings (SSSR count). The van der Waals surface area contributed by atoms with Crippen LogP contribution in [-0.4, -0.2) is 69.2 Å². The van der Waals surface area contributed by atoms with Gasteiger partial charge in [-0.2, -0.15) is 0 Å². The second-order valence-corrected chi connectivity index (χ2v) is 11.6. The fourth-order valence-corrected chi connectivity index (χ4v) is 5.64. The van der Waals surface area contributed by atoms with E-state index in [-0.39, 0.29) is 35.6 Å². The fourth-order valence-electron chi connectivity index (χ4n) is 4.80. The number of anilines is 1. The maximum absolute atomic E-state index is 13.9. The van der Waals surface area contributed by atoms with Gasteiger partial charge in [-0.05, 0) is 43.0 Å². The number of nitrogens with zero attached hydrogens (tertiary/aromatic N) is 3. The van der Waals surface area contributed by atoms with Crippen LogP contribution in [0.3, 0.4) is 0 Å². The van der Waals surface area contributed by atoms with Gasteiger partial charge in [0.25, 0.3) is 5.69 Å². The monoisotopic (exact) mass is 576 g/mol. The number of non-ortho nitro benzene ring substituents is 1. The van der Waals surface area contributed by atoms with Crippen molar-refractivity contribution in [3.8, 4) is 11.5 Å². The summed E-state index contributed by atoms with van der Waals surface area (Å²) in [6.45, 7) is 1.12. The van der Waals surface area contributed by atoms with Crippen LogP contribution in [0.2, 0.25) is 0 Å². The van der Waals surface area contributed by atoms with E-state index >= 15 is 0 Å². The number of hydrogen-bond acceptors (Lipinski definition) is 8. The van der Waals surface area contributed by atoms with E-state index in [0.717, 1.165) is 42.3 Å².